The SMILES string of the molecule is COc1ccc(N2C(=O)C(=Cc3ccc(Cl)cc3)C(=O)N(c3ccc(OC)cc3)C2=O)cc1. The number of anilines is 2. The zero-order valence-electron chi connectivity index (χ0n) is 17.8. The van der Waals surface area contributed by atoms with Crippen molar-refractivity contribution in [3.8, 4) is 11.5 Å². The summed E-state index contributed by atoms with van der Waals surface area (Å²) < 4.78 is 10.3. The predicted molar refractivity (Wildman–Crippen MR) is 126 cm³/mol. The van der Waals surface area contributed by atoms with Gasteiger partial charge in [0.1, 0.15) is 17.1 Å². The van der Waals surface area contributed by atoms with Gasteiger partial charge in [-0.1, -0.05) is 23.7 Å². The minimum Gasteiger partial charge on any atom is -0.497 e. The van der Waals surface area contributed by atoms with Gasteiger partial charge >= 0.3 is 6.03 Å². The van der Waals surface area contributed by atoms with Crippen molar-refractivity contribution in [2.24, 2.45) is 0 Å². The van der Waals surface area contributed by atoms with E-state index in [9.17, 15) is 14.4 Å². The number of carbonyl (C=O) groups is 3. The molecule has 1 fully saturated rings. The number of rotatable bonds is 5. The number of urea groups is 1. The second-order valence-corrected chi connectivity index (χ2v) is 7.51. The van der Waals surface area contributed by atoms with Crippen LogP contribution in [0.4, 0.5) is 16.2 Å². The second kappa shape index (κ2) is 9.18. The van der Waals surface area contributed by atoms with E-state index in [-0.39, 0.29) is 5.57 Å². The molecular weight excluding hydrogens is 444 g/mol. The van der Waals surface area contributed by atoms with Crippen LogP contribution in [0.1, 0.15) is 5.56 Å². The Labute approximate surface area is 195 Å². The molecule has 0 atom stereocenters. The summed E-state index contributed by atoms with van der Waals surface area (Å²) in [6, 6.07) is 18.7. The van der Waals surface area contributed by atoms with Crippen LogP contribution in [0.25, 0.3) is 6.08 Å². The molecule has 4 rings (SSSR count). The topological polar surface area (TPSA) is 76.2 Å². The first kappa shape index (κ1) is 22.1. The summed E-state index contributed by atoms with van der Waals surface area (Å²) in [5, 5.41) is 0.522. The molecule has 0 spiro atoms. The molecule has 3 aromatic rings. The van der Waals surface area contributed by atoms with E-state index in [0.717, 1.165) is 9.80 Å². The Morgan fingerprint density at radius 1 is 0.667 bits per heavy atom. The normalized spacial score (nSPS) is 13.9. The number of hydrogen-bond donors (Lipinski definition) is 0. The highest BCUT2D eigenvalue weighted by Gasteiger charge is 2.43. The average molecular weight is 463 g/mol. The van der Waals surface area contributed by atoms with Crippen LogP contribution in [0.5, 0.6) is 11.5 Å². The van der Waals surface area contributed by atoms with E-state index >= 15 is 0 Å². The fourth-order valence-corrected chi connectivity index (χ4v) is 3.50. The molecule has 1 aliphatic heterocycles. The van der Waals surface area contributed by atoms with E-state index in [1.54, 1.807) is 72.8 Å². The summed E-state index contributed by atoms with van der Waals surface area (Å²) in [7, 11) is 3.03. The standard InChI is InChI=1S/C25H19ClN2O5/c1-32-20-11-7-18(8-12-20)27-23(29)22(15-16-3-5-17(26)6-4-16)24(30)28(25(27)31)19-9-13-21(33-2)14-10-19/h3-15H,1-2H3. The molecular formula is C25H19ClN2O5. The Bertz CT molecular complexity index is 1160. The quantitative estimate of drug-likeness (QED) is 0.396. The third kappa shape index (κ3) is 4.31. The fraction of sp³-hybridized carbons (Fsp3) is 0.0800. The first-order chi connectivity index (χ1) is 15.9. The summed E-state index contributed by atoms with van der Waals surface area (Å²) in [6.07, 6.45) is 1.44. The van der Waals surface area contributed by atoms with Crippen molar-refractivity contribution < 1.29 is 23.9 Å². The maximum atomic E-state index is 13.4. The number of carbonyl (C=O) groups excluding carboxylic acids is 3. The number of benzene rings is 3. The summed E-state index contributed by atoms with van der Waals surface area (Å²) in [4.78, 5) is 42.1. The number of methoxy groups -OCH3 is 2. The van der Waals surface area contributed by atoms with Crippen molar-refractivity contribution >= 4 is 46.9 Å². The molecule has 0 unspecified atom stereocenters. The third-order valence-corrected chi connectivity index (χ3v) is 5.34. The van der Waals surface area contributed by atoms with Gasteiger partial charge in [0.05, 0.1) is 25.6 Å². The maximum absolute atomic E-state index is 13.4. The summed E-state index contributed by atoms with van der Waals surface area (Å²) in [5.41, 5.74) is 1.04. The van der Waals surface area contributed by atoms with E-state index in [0.29, 0.717) is 33.5 Å². The Hall–Kier alpha value is -4.10. The Morgan fingerprint density at radius 3 is 1.48 bits per heavy atom. The van der Waals surface area contributed by atoms with E-state index in [2.05, 4.69) is 0 Å². The highest BCUT2D eigenvalue weighted by atomic mass is 35.5. The lowest BCUT2D eigenvalue weighted by molar-refractivity contribution is -0.121. The van der Waals surface area contributed by atoms with Crippen LogP contribution in [0.15, 0.2) is 78.4 Å². The zero-order chi connectivity index (χ0) is 23.5. The Kier molecular flexibility index (Phi) is 6.15. The zero-order valence-corrected chi connectivity index (χ0v) is 18.6. The van der Waals surface area contributed by atoms with Gasteiger partial charge in [-0.05, 0) is 72.3 Å². The van der Waals surface area contributed by atoms with Crippen molar-refractivity contribution in [2.45, 2.75) is 0 Å². The van der Waals surface area contributed by atoms with Gasteiger partial charge in [0, 0.05) is 5.02 Å². The van der Waals surface area contributed by atoms with Gasteiger partial charge in [-0.3, -0.25) is 9.59 Å². The monoisotopic (exact) mass is 462 g/mol. The van der Waals surface area contributed by atoms with Crippen LogP contribution < -0.4 is 19.3 Å². The summed E-state index contributed by atoms with van der Waals surface area (Å²) in [6.45, 7) is 0. The Balaban J connectivity index is 1.83. The molecule has 1 aliphatic rings. The molecule has 1 heterocycles. The van der Waals surface area contributed by atoms with E-state index in [4.69, 9.17) is 21.1 Å². The van der Waals surface area contributed by atoms with Gasteiger partial charge < -0.3 is 9.47 Å². The van der Waals surface area contributed by atoms with Gasteiger partial charge in [0.2, 0.25) is 0 Å². The molecule has 0 bridgehead atoms. The molecule has 33 heavy (non-hydrogen) atoms. The van der Waals surface area contributed by atoms with E-state index < -0.39 is 17.8 Å². The van der Waals surface area contributed by atoms with Crippen molar-refractivity contribution in [3.05, 3.63) is 89.0 Å². The number of barbiturate groups is 1. The average Bonchev–Trinajstić information content (AvgIpc) is 2.84. The molecule has 0 saturated carbocycles. The van der Waals surface area contributed by atoms with Crippen molar-refractivity contribution in [2.75, 3.05) is 24.0 Å². The molecule has 1 saturated heterocycles. The number of nitrogens with zero attached hydrogens (tertiary/aromatic N) is 2. The number of imide groups is 2. The van der Waals surface area contributed by atoms with Crippen molar-refractivity contribution in [3.63, 3.8) is 0 Å². The molecule has 166 valence electrons. The maximum Gasteiger partial charge on any atom is 0.343 e. The number of halogens is 1. The van der Waals surface area contributed by atoms with Gasteiger partial charge in [0.25, 0.3) is 11.8 Å². The predicted octanol–water partition coefficient (Wildman–Crippen LogP) is 4.94. The highest BCUT2D eigenvalue weighted by molar-refractivity contribution is 6.46. The van der Waals surface area contributed by atoms with Gasteiger partial charge in [-0.2, -0.15) is 0 Å². The lowest BCUT2D eigenvalue weighted by Crippen LogP contribution is -2.57. The van der Waals surface area contributed by atoms with Gasteiger partial charge in [-0.15, -0.1) is 0 Å². The van der Waals surface area contributed by atoms with Crippen molar-refractivity contribution in [1.29, 1.82) is 0 Å². The summed E-state index contributed by atoms with van der Waals surface area (Å²) in [5.74, 6) is -0.323. The Morgan fingerprint density at radius 2 is 1.09 bits per heavy atom. The third-order valence-electron chi connectivity index (χ3n) is 5.09. The smallest absolute Gasteiger partial charge is 0.343 e. The lowest BCUT2D eigenvalue weighted by atomic mass is 10.0. The van der Waals surface area contributed by atoms with E-state index in [1.165, 1.54) is 20.3 Å². The van der Waals surface area contributed by atoms with Crippen LogP contribution in [0.3, 0.4) is 0 Å². The van der Waals surface area contributed by atoms with Crippen molar-refractivity contribution in [1.82, 2.24) is 0 Å². The number of amides is 4. The molecule has 0 aliphatic carbocycles. The first-order valence-corrected chi connectivity index (χ1v) is 10.3. The molecule has 4 amide bonds. The molecule has 0 aromatic heterocycles. The molecule has 7 nitrogen and oxygen atoms in total. The lowest BCUT2D eigenvalue weighted by Gasteiger charge is -2.34. The van der Waals surface area contributed by atoms with Crippen LogP contribution in [0.2, 0.25) is 5.02 Å². The second-order valence-electron chi connectivity index (χ2n) is 7.07. The minimum atomic E-state index is -0.784. The van der Waals surface area contributed by atoms with Crippen LogP contribution >= 0.6 is 11.6 Å². The van der Waals surface area contributed by atoms with Gasteiger partial charge in [0.15, 0.2) is 0 Å². The fourth-order valence-electron chi connectivity index (χ4n) is 3.37. The molecule has 0 N–H and O–H groups in total. The van der Waals surface area contributed by atoms with Gasteiger partial charge in [-0.25, -0.2) is 14.6 Å². The first-order valence-electron chi connectivity index (χ1n) is 9.91. The number of hydrogen-bond acceptors (Lipinski definition) is 5. The van der Waals surface area contributed by atoms with E-state index in [1.807, 2.05) is 0 Å². The minimum absolute atomic E-state index is 0.163. The highest BCUT2D eigenvalue weighted by Crippen LogP contribution is 2.31. The number of ether oxygens (including phenoxy) is 2. The molecule has 0 radical (unpaired) electrons. The van der Waals surface area contributed by atoms with Crippen LogP contribution in [-0.2, 0) is 9.59 Å². The van der Waals surface area contributed by atoms with Crippen LogP contribution in [-0.4, -0.2) is 32.1 Å². The summed E-state index contributed by atoms with van der Waals surface area (Å²) >= 11 is 5.95. The molecule has 8 heteroatoms. The molecule has 3 aromatic carbocycles. The largest absolute Gasteiger partial charge is 0.497 e. The van der Waals surface area contributed by atoms with Crippen LogP contribution in [0, 0.1) is 0 Å².